The van der Waals surface area contributed by atoms with Gasteiger partial charge in [0.1, 0.15) is 10.7 Å². The van der Waals surface area contributed by atoms with E-state index in [1.165, 1.54) is 0 Å². The topological polar surface area (TPSA) is 60.8 Å². The zero-order chi connectivity index (χ0) is 17.6. The summed E-state index contributed by atoms with van der Waals surface area (Å²) in [5.74, 6) is -0.155. The van der Waals surface area contributed by atoms with E-state index in [1.807, 2.05) is 30.3 Å². The van der Waals surface area contributed by atoms with Gasteiger partial charge in [0.05, 0.1) is 17.6 Å². The smallest absolute Gasteiger partial charge is 0.277 e. The number of ether oxygens (including phenoxy) is 2. The molecule has 0 saturated carbocycles. The molecule has 2 atom stereocenters. The van der Waals surface area contributed by atoms with Gasteiger partial charge in [-0.25, -0.2) is 0 Å². The lowest BCUT2D eigenvalue weighted by atomic mass is 10.2. The minimum atomic E-state index is -0.320. The summed E-state index contributed by atoms with van der Waals surface area (Å²) in [4.78, 5) is 27.3. The number of amides is 1. The van der Waals surface area contributed by atoms with Gasteiger partial charge in [-0.2, -0.15) is 0 Å². The predicted molar refractivity (Wildman–Crippen MR) is 103 cm³/mol. The highest BCUT2D eigenvalue weighted by Gasteiger charge is 2.43. The van der Waals surface area contributed by atoms with E-state index >= 15 is 0 Å². The highest BCUT2D eigenvalue weighted by Crippen LogP contribution is 2.33. The van der Waals surface area contributed by atoms with E-state index in [4.69, 9.17) is 9.47 Å². The fraction of sp³-hybridized carbons (Fsp3) is 0.294. The molecule has 1 saturated heterocycles. The van der Waals surface area contributed by atoms with Crippen molar-refractivity contribution in [3.05, 3.63) is 62.5 Å². The Hall–Kier alpha value is -1.39. The zero-order valence-corrected chi connectivity index (χ0v) is 16.8. The van der Waals surface area contributed by atoms with Crippen LogP contribution in [0.1, 0.15) is 16.1 Å². The Morgan fingerprint density at radius 2 is 2.04 bits per heavy atom. The van der Waals surface area contributed by atoms with Crippen molar-refractivity contribution >= 4 is 44.4 Å². The number of aromatic nitrogens is 1. The number of hydrogen-bond donors (Lipinski definition) is 0. The van der Waals surface area contributed by atoms with E-state index in [1.54, 1.807) is 15.7 Å². The Kier molecular flexibility index (Phi) is 4.59. The first-order chi connectivity index (χ1) is 12.1. The molecule has 2 aliphatic heterocycles. The number of benzene rings is 1. The summed E-state index contributed by atoms with van der Waals surface area (Å²) < 4.78 is 13.5. The summed E-state index contributed by atoms with van der Waals surface area (Å²) in [5, 5.41) is 0. The number of carbonyl (C=O) groups excluding carboxylic acids is 1. The molecular formula is C17H14BrIN2O4. The number of fused-ring (bicyclic) bond motifs is 2. The van der Waals surface area contributed by atoms with Crippen LogP contribution >= 0.6 is 38.5 Å². The molecule has 25 heavy (non-hydrogen) atoms. The highest BCUT2D eigenvalue weighted by atomic mass is 127. The van der Waals surface area contributed by atoms with E-state index < -0.39 is 0 Å². The third-order valence-electron chi connectivity index (χ3n) is 4.25. The van der Waals surface area contributed by atoms with E-state index in [2.05, 4.69) is 38.5 Å². The molecule has 1 aromatic heterocycles. The van der Waals surface area contributed by atoms with Crippen LogP contribution in [-0.2, 0) is 17.9 Å². The van der Waals surface area contributed by atoms with Crippen LogP contribution in [0, 0.1) is 0 Å². The second kappa shape index (κ2) is 6.73. The van der Waals surface area contributed by atoms with Crippen molar-refractivity contribution in [1.82, 2.24) is 9.47 Å². The Bertz CT molecular complexity index is 886. The predicted octanol–water partition coefficient (Wildman–Crippen LogP) is 2.76. The van der Waals surface area contributed by atoms with Gasteiger partial charge in [0.15, 0.2) is 17.7 Å². The van der Waals surface area contributed by atoms with Crippen molar-refractivity contribution in [2.75, 3.05) is 6.61 Å². The molecular weight excluding hydrogens is 503 g/mol. The SMILES string of the molecule is O=C1c2c(OCc3ccccc3)c(=O)c(Br)cn2C[C@H]2OC[C@H](I)N12. The molecule has 0 aliphatic carbocycles. The average molecular weight is 517 g/mol. The third-order valence-corrected chi connectivity index (χ3v) is 5.77. The van der Waals surface area contributed by atoms with E-state index in [0.29, 0.717) is 17.6 Å². The van der Waals surface area contributed by atoms with Gasteiger partial charge in [-0.15, -0.1) is 0 Å². The number of halogens is 2. The van der Waals surface area contributed by atoms with Crippen molar-refractivity contribution in [3.63, 3.8) is 0 Å². The van der Waals surface area contributed by atoms with Crippen LogP contribution in [0.3, 0.4) is 0 Å². The molecule has 8 heteroatoms. The summed E-state index contributed by atoms with van der Waals surface area (Å²) in [6.07, 6.45) is 1.32. The fourth-order valence-electron chi connectivity index (χ4n) is 3.05. The van der Waals surface area contributed by atoms with Crippen LogP contribution in [0.15, 0.2) is 45.8 Å². The van der Waals surface area contributed by atoms with Crippen LogP contribution in [0.2, 0.25) is 0 Å². The van der Waals surface area contributed by atoms with Crippen molar-refractivity contribution in [3.8, 4) is 5.75 Å². The fourth-order valence-corrected chi connectivity index (χ4v) is 4.30. The van der Waals surface area contributed by atoms with Crippen molar-refractivity contribution in [1.29, 1.82) is 0 Å². The lowest BCUT2D eigenvalue weighted by Crippen LogP contribution is -2.48. The van der Waals surface area contributed by atoms with Crippen LogP contribution in [0.25, 0.3) is 0 Å². The van der Waals surface area contributed by atoms with E-state index in [9.17, 15) is 9.59 Å². The number of hydrogen-bond acceptors (Lipinski definition) is 4. The van der Waals surface area contributed by atoms with Gasteiger partial charge in [0.25, 0.3) is 5.91 Å². The Morgan fingerprint density at radius 1 is 1.28 bits per heavy atom. The number of rotatable bonds is 3. The molecule has 1 fully saturated rings. The standard InChI is InChI=1S/C17H14BrIN2O4/c18-11-6-20-7-13-21(12(19)9-24-13)17(23)14(20)16(15(11)22)25-8-10-4-2-1-3-5-10/h1-6,12-13H,7-9H2/t12-,13-/m1/s1. The van der Waals surface area contributed by atoms with Crippen LogP contribution in [-0.4, -0.2) is 32.3 Å². The average Bonchev–Trinajstić information content (AvgIpc) is 2.98. The first-order valence-corrected chi connectivity index (χ1v) is 9.78. The molecule has 0 unspecified atom stereocenters. The molecule has 0 bridgehead atoms. The van der Waals surface area contributed by atoms with Crippen LogP contribution < -0.4 is 10.2 Å². The normalized spacial score (nSPS) is 21.8. The van der Waals surface area contributed by atoms with Crippen molar-refractivity contribution in [2.45, 2.75) is 23.4 Å². The third kappa shape index (κ3) is 3.00. The van der Waals surface area contributed by atoms with Crippen molar-refractivity contribution < 1.29 is 14.3 Å². The maximum atomic E-state index is 13.0. The maximum absolute atomic E-state index is 13.0. The van der Waals surface area contributed by atoms with Gasteiger partial charge >= 0.3 is 0 Å². The molecule has 2 aromatic rings. The molecule has 0 radical (unpaired) electrons. The Morgan fingerprint density at radius 3 is 2.80 bits per heavy atom. The quantitative estimate of drug-likeness (QED) is 0.357. The first-order valence-electron chi connectivity index (χ1n) is 7.74. The molecule has 0 N–H and O–H groups in total. The molecule has 3 heterocycles. The maximum Gasteiger partial charge on any atom is 0.277 e. The molecule has 1 aromatic carbocycles. The number of nitrogens with zero attached hydrogens (tertiary/aromatic N) is 2. The second-order valence-electron chi connectivity index (χ2n) is 5.85. The van der Waals surface area contributed by atoms with E-state index in [-0.39, 0.29) is 39.7 Å². The molecule has 0 spiro atoms. The number of carbonyl (C=O) groups is 1. The Balaban J connectivity index is 1.75. The molecule has 1 amide bonds. The number of alkyl halides is 1. The summed E-state index contributed by atoms with van der Waals surface area (Å²) >= 11 is 5.46. The van der Waals surface area contributed by atoms with Gasteiger partial charge < -0.3 is 14.0 Å². The van der Waals surface area contributed by atoms with Gasteiger partial charge in [-0.3, -0.25) is 14.5 Å². The highest BCUT2D eigenvalue weighted by molar-refractivity contribution is 14.1. The zero-order valence-electron chi connectivity index (χ0n) is 13.0. The van der Waals surface area contributed by atoms with Crippen LogP contribution in [0.5, 0.6) is 5.75 Å². The molecule has 130 valence electrons. The summed E-state index contributed by atoms with van der Waals surface area (Å²) in [6, 6.07) is 9.54. The van der Waals surface area contributed by atoms with Gasteiger partial charge in [-0.05, 0) is 21.5 Å². The first kappa shape index (κ1) is 17.0. The van der Waals surface area contributed by atoms with E-state index in [0.717, 1.165) is 5.56 Å². The van der Waals surface area contributed by atoms with Gasteiger partial charge in [-0.1, -0.05) is 52.9 Å². The summed E-state index contributed by atoms with van der Waals surface area (Å²) in [6.45, 7) is 1.18. The van der Waals surface area contributed by atoms with Gasteiger partial charge in [0, 0.05) is 6.20 Å². The number of pyridine rings is 1. The lowest BCUT2D eigenvalue weighted by Gasteiger charge is -2.33. The minimum Gasteiger partial charge on any atom is -0.483 e. The lowest BCUT2D eigenvalue weighted by molar-refractivity contribution is 0.00790. The minimum absolute atomic E-state index is 0.0513. The van der Waals surface area contributed by atoms with Crippen molar-refractivity contribution in [2.24, 2.45) is 0 Å². The molecule has 2 aliphatic rings. The summed E-state index contributed by atoms with van der Waals surface area (Å²) in [5.41, 5.74) is 0.893. The summed E-state index contributed by atoms with van der Waals surface area (Å²) in [7, 11) is 0. The monoisotopic (exact) mass is 516 g/mol. The Labute approximate surface area is 166 Å². The van der Waals surface area contributed by atoms with Crippen LogP contribution in [0.4, 0.5) is 0 Å². The molecule has 6 nitrogen and oxygen atoms in total. The second-order valence-corrected chi connectivity index (χ2v) is 8.14. The largest absolute Gasteiger partial charge is 0.483 e. The van der Waals surface area contributed by atoms with Gasteiger partial charge in [0.2, 0.25) is 5.43 Å². The molecule has 4 rings (SSSR count).